The van der Waals surface area contributed by atoms with Crippen LogP contribution in [0, 0.1) is 18.6 Å². The van der Waals surface area contributed by atoms with Crippen LogP contribution < -0.4 is 10.5 Å². The SMILES string of the molecule is Cc1cc(Oc2cccc(F)c2F)ccc1-n1ncc(C(=O)c2cc3cc(C(=O)N4CCOCC4)ccc3n2COCCS(C)(C)C)c1N. The van der Waals surface area contributed by atoms with Crippen molar-refractivity contribution in [2.45, 2.75) is 13.7 Å². The van der Waals surface area contributed by atoms with Crippen molar-refractivity contribution in [3.63, 3.8) is 0 Å². The molecule has 6 rings (SSSR count). The molecule has 3 heterocycles. The van der Waals surface area contributed by atoms with Gasteiger partial charge in [-0.2, -0.15) is 9.49 Å². The van der Waals surface area contributed by atoms with Crippen LogP contribution in [0.5, 0.6) is 11.5 Å². The Bertz CT molecular complexity index is 2030. The number of carbonyl (C=O) groups excluding carboxylic acids is 2. The molecule has 0 spiro atoms. The Morgan fingerprint density at radius 2 is 1.80 bits per heavy atom. The van der Waals surface area contributed by atoms with Gasteiger partial charge in [-0.1, -0.05) is 6.07 Å². The third-order valence-electron chi connectivity index (χ3n) is 8.33. The van der Waals surface area contributed by atoms with Crippen molar-refractivity contribution in [3.8, 4) is 17.2 Å². The molecule has 0 radical (unpaired) electrons. The Labute approximate surface area is 284 Å². The lowest BCUT2D eigenvalue weighted by Crippen LogP contribution is -2.40. The number of carbonyl (C=O) groups is 2. The van der Waals surface area contributed by atoms with Gasteiger partial charge in [0.2, 0.25) is 11.6 Å². The van der Waals surface area contributed by atoms with Gasteiger partial charge in [0.25, 0.3) is 5.91 Å². The van der Waals surface area contributed by atoms with Crippen LogP contribution in [0.3, 0.4) is 0 Å². The minimum atomic E-state index is -1.08. The summed E-state index contributed by atoms with van der Waals surface area (Å²) >= 11 is 0. The summed E-state index contributed by atoms with van der Waals surface area (Å²) in [5, 5.41) is 5.15. The number of morpholine rings is 1. The Balaban J connectivity index is 1.30. The first kappa shape index (κ1) is 34.2. The molecular formula is C36H39F2N5O5S. The van der Waals surface area contributed by atoms with Crippen molar-refractivity contribution in [1.82, 2.24) is 19.2 Å². The van der Waals surface area contributed by atoms with E-state index >= 15 is 0 Å². The summed E-state index contributed by atoms with van der Waals surface area (Å²) in [5.74, 6) is -1.46. The van der Waals surface area contributed by atoms with E-state index in [-0.39, 0.29) is 41.3 Å². The van der Waals surface area contributed by atoms with E-state index in [4.69, 9.17) is 19.9 Å². The van der Waals surface area contributed by atoms with Crippen molar-refractivity contribution in [2.24, 2.45) is 0 Å². The fourth-order valence-corrected chi connectivity index (χ4v) is 6.24. The number of ketones is 1. The molecule has 1 amide bonds. The number of halogens is 2. The predicted molar refractivity (Wildman–Crippen MR) is 187 cm³/mol. The van der Waals surface area contributed by atoms with E-state index in [2.05, 4.69) is 23.9 Å². The van der Waals surface area contributed by atoms with Crippen molar-refractivity contribution in [3.05, 3.63) is 101 Å². The van der Waals surface area contributed by atoms with Gasteiger partial charge < -0.3 is 29.4 Å². The van der Waals surface area contributed by atoms with Crippen LogP contribution in [-0.4, -0.2) is 88.4 Å². The number of nitrogens with zero attached hydrogens (tertiary/aromatic N) is 4. The minimum absolute atomic E-state index is 0.0893. The van der Waals surface area contributed by atoms with Crippen LogP contribution in [-0.2, 0) is 16.2 Å². The average molecular weight is 692 g/mol. The van der Waals surface area contributed by atoms with Gasteiger partial charge in [-0.25, -0.2) is 19.1 Å². The van der Waals surface area contributed by atoms with Gasteiger partial charge in [0.1, 0.15) is 18.3 Å². The van der Waals surface area contributed by atoms with Crippen molar-refractivity contribution >= 4 is 38.4 Å². The number of ether oxygens (including phenoxy) is 3. The number of amides is 1. The number of aryl methyl sites for hydroxylation is 1. The normalized spacial score (nSPS) is 14.0. The van der Waals surface area contributed by atoms with E-state index in [9.17, 15) is 18.4 Å². The number of anilines is 1. The number of rotatable bonds is 11. The van der Waals surface area contributed by atoms with E-state index < -0.39 is 21.7 Å². The second-order valence-corrected chi connectivity index (χ2v) is 17.3. The molecule has 3 aromatic carbocycles. The van der Waals surface area contributed by atoms with Crippen LogP contribution in [0.1, 0.15) is 32.0 Å². The van der Waals surface area contributed by atoms with Gasteiger partial charge in [-0.15, -0.1) is 0 Å². The molecule has 10 nitrogen and oxygen atoms in total. The van der Waals surface area contributed by atoms with E-state index in [1.807, 2.05) is 6.07 Å². The van der Waals surface area contributed by atoms with Crippen LogP contribution in [0.15, 0.2) is 66.9 Å². The summed E-state index contributed by atoms with van der Waals surface area (Å²) in [6.45, 7) is 4.50. The molecule has 0 unspecified atom stereocenters. The standard InChI is InChI=1S/C36H39F2N5O5S/c1-23-18-26(48-32-7-5-6-28(37)33(32)38)9-11-29(23)43-35(39)27(21-40-43)34(44)31-20-25-19-24(36(45)41-12-14-46-15-13-41)8-10-30(25)42(31)22-47-16-17-49(2,3)4/h5-11,18-21H,12-17,22,39H2,1-4H3. The zero-order chi connectivity index (χ0) is 34.9. The lowest BCUT2D eigenvalue weighted by molar-refractivity contribution is 0.0303. The summed E-state index contributed by atoms with van der Waals surface area (Å²) in [6.07, 6.45) is 8.08. The smallest absolute Gasteiger partial charge is 0.254 e. The molecule has 1 saturated heterocycles. The fourth-order valence-electron chi connectivity index (χ4n) is 5.63. The molecule has 5 aromatic rings. The summed E-state index contributed by atoms with van der Waals surface area (Å²) in [5.41, 5.74) is 9.61. The summed E-state index contributed by atoms with van der Waals surface area (Å²) in [7, 11) is -0.778. The van der Waals surface area contributed by atoms with Crippen molar-refractivity contribution in [2.75, 3.05) is 63.2 Å². The lowest BCUT2D eigenvalue weighted by Gasteiger charge is -2.26. The first-order valence-electron chi connectivity index (χ1n) is 15.8. The zero-order valence-corrected chi connectivity index (χ0v) is 28.7. The number of fused-ring (bicyclic) bond motifs is 1. The molecule has 0 atom stereocenters. The van der Waals surface area contributed by atoms with Crippen molar-refractivity contribution in [1.29, 1.82) is 0 Å². The highest BCUT2D eigenvalue weighted by Gasteiger charge is 2.25. The minimum Gasteiger partial charge on any atom is -0.454 e. The Kier molecular flexibility index (Phi) is 9.77. The quantitative estimate of drug-likeness (QED) is 0.130. The van der Waals surface area contributed by atoms with Gasteiger partial charge in [0, 0.05) is 29.8 Å². The lowest BCUT2D eigenvalue weighted by atomic mass is 10.1. The van der Waals surface area contributed by atoms with E-state index in [0.717, 1.165) is 22.7 Å². The number of aromatic nitrogens is 3. The highest BCUT2D eigenvalue weighted by molar-refractivity contribution is 8.32. The summed E-state index contributed by atoms with van der Waals surface area (Å²) in [4.78, 5) is 29.2. The maximum Gasteiger partial charge on any atom is 0.254 e. The number of nitrogen functional groups attached to an aromatic ring is 1. The number of nitrogens with two attached hydrogens (primary N) is 1. The molecule has 0 bridgehead atoms. The molecule has 1 aliphatic heterocycles. The van der Waals surface area contributed by atoms with E-state index in [1.165, 1.54) is 23.0 Å². The number of hydrogen-bond donors (Lipinski definition) is 1. The van der Waals surface area contributed by atoms with Gasteiger partial charge in [0.15, 0.2) is 11.6 Å². The van der Waals surface area contributed by atoms with E-state index in [1.54, 1.807) is 52.8 Å². The summed E-state index contributed by atoms with van der Waals surface area (Å²) in [6, 6.07) is 15.8. The maximum absolute atomic E-state index is 14.2. The summed E-state index contributed by atoms with van der Waals surface area (Å²) < 4.78 is 48.2. The highest BCUT2D eigenvalue weighted by atomic mass is 32.3. The second kappa shape index (κ2) is 14.0. The molecule has 0 saturated carbocycles. The Hall–Kier alpha value is -4.72. The second-order valence-electron chi connectivity index (χ2n) is 12.8. The molecule has 258 valence electrons. The number of benzene rings is 3. The van der Waals surface area contributed by atoms with E-state index in [0.29, 0.717) is 55.4 Å². The van der Waals surface area contributed by atoms with Crippen molar-refractivity contribution < 1.29 is 32.6 Å². The third kappa shape index (κ3) is 7.33. The zero-order valence-electron chi connectivity index (χ0n) is 27.9. The molecule has 13 heteroatoms. The monoisotopic (exact) mass is 691 g/mol. The van der Waals surface area contributed by atoms with Crippen LogP contribution in [0.2, 0.25) is 0 Å². The van der Waals surface area contributed by atoms with Gasteiger partial charge in [-0.3, -0.25) is 9.59 Å². The average Bonchev–Trinajstić information content (AvgIpc) is 3.64. The van der Waals surface area contributed by atoms with Gasteiger partial charge in [0.05, 0.1) is 48.5 Å². The molecular weight excluding hydrogens is 652 g/mol. The Morgan fingerprint density at radius 3 is 2.53 bits per heavy atom. The topological polar surface area (TPSA) is 114 Å². The first-order chi connectivity index (χ1) is 23.4. The predicted octanol–water partition coefficient (Wildman–Crippen LogP) is 6.16. The number of hydrogen-bond acceptors (Lipinski definition) is 7. The molecule has 49 heavy (non-hydrogen) atoms. The first-order valence-corrected chi connectivity index (χ1v) is 18.8. The van der Waals surface area contributed by atoms with Crippen LogP contribution in [0.4, 0.5) is 14.6 Å². The van der Waals surface area contributed by atoms with Gasteiger partial charge in [-0.05, 0) is 85.9 Å². The Morgan fingerprint density at radius 1 is 1.02 bits per heavy atom. The maximum atomic E-state index is 14.2. The van der Waals surface area contributed by atoms with Crippen LogP contribution in [0.25, 0.3) is 16.6 Å². The molecule has 1 aliphatic rings. The molecule has 1 fully saturated rings. The fraction of sp³-hybridized carbons (Fsp3) is 0.306. The largest absolute Gasteiger partial charge is 0.454 e. The third-order valence-corrected chi connectivity index (χ3v) is 9.72. The molecule has 0 aliphatic carbocycles. The van der Waals surface area contributed by atoms with Gasteiger partial charge >= 0.3 is 0 Å². The van der Waals surface area contributed by atoms with Crippen LogP contribution >= 0.6 is 10.0 Å². The molecule has 2 N–H and O–H groups in total. The highest BCUT2D eigenvalue weighted by Crippen LogP contribution is 2.34. The molecule has 2 aromatic heterocycles.